The summed E-state index contributed by atoms with van der Waals surface area (Å²) >= 11 is 0. The van der Waals surface area contributed by atoms with Gasteiger partial charge in [0.05, 0.1) is 0 Å². The molecule has 1 fully saturated rings. The van der Waals surface area contributed by atoms with Gasteiger partial charge in [-0.05, 0) is 58.0 Å². The Morgan fingerprint density at radius 2 is 1.78 bits per heavy atom. The molecule has 0 amide bonds. The Morgan fingerprint density at radius 1 is 1.11 bits per heavy atom. The molecule has 0 bridgehead atoms. The van der Waals surface area contributed by atoms with E-state index < -0.39 is 0 Å². The molecule has 154 valence electrons. The highest BCUT2D eigenvalue weighted by molar-refractivity contribution is 14.0. The van der Waals surface area contributed by atoms with Crippen LogP contribution in [0.1, 0.15) is 44.2 Å². The molecule has 1 aromatic rings. The summed E-state index contributed by atoms with van der Waals surface area (Å²) in [4.78, 5) is 9.28. The van der Waals surface area contributed by atoms with Crippen molar-refractivity contribution < 1.29 is 0 Å². The van der Waals surface area contributed by atoms with Crippen LogP contribution in [0.3, 0.4) is 0 Å². The van der Waals surface area contributed by atoms with Crippen LogP contribution in [0.5, 0.6) is 0 Å². The maximum atomic E-state index is 4.37. The summed E-state index contributed by atoms with van der Waals surface area (Å²) < 4.78 is 0. The van der Waals surface area contributed by atoms with E-state index in [1.165, 1.54) is 43.5 Å². The first-order valence-electron chi connectivity index (χ1n) is 10.0. The largest absolute Gasteiger partial charge is 0.355 e. The van der Waals surface area contributed by atoms with Crippen LogP contribution >= 0.6 is 24.0 Å². The maximum Gasteiger partial charge on any atom is 0.191 e. The second-order valence-electron chi connectivity index (χ2n) is 7.53. The van der Waals surface area contributed by atoms with Crippen molar-refractivity contribution in [1.29, 1.82) is 0 Å². The Kier molecular flexibility index (Phi) is 11.9. The van der Waals surface area contributed by atoms with Gasteiger partial charge in [-0.3, -0.25) is 9.89 Å². The van der Waals surface area contributed by atoms with Crippen molar-refractivity contribution in [2.75, 3.05) is 40.3 Å². The summed E-state index contributed by atoms with van der Waals surface area (Å²) in [5.41, 5.74) is 2.71. The molecule has 0 radical (unpaired) electrons. The van der Waals surface area contributed by atoms with Crippen LogP contribution in [0.2, 0.25) is 0 Å². The van der Waals surface area contributed by atoms with Gasteiger partial charge in [0.1, 0.15) is 0 Å². The molecule has 0 atom stereocenters. The van der Waals surface area contributed by atoms with Crippen LogP contribution in [0.4, 0.5) is 0 Å². The molecule has 27 heavy (non-hydrogen) atoms. The van der Waals surface area contributed by atoms with Crippen molar-refractivity contribution in [1.82, 2.24) is 20.4 Å². The number of halogens is 1. The molecule has 5 nitrogen and oxygen atoms in total. The van der Waals surface area contributed by atoms with Gasteiger partial charge in [-0.25, -0.2) is 0 Å². The van der Waals surface area contributed by atoms with Crippen LogP contribution in [0, 0.1) is 0 Å². The molecule has 1 aliphatic heterocycles. The SMILES string of the molecule is CN=C(NCCN1CCCCC1)NCc1ccccc1CN(C)C(C)C.I. The molecule has 1 aliphatic rings. The lowest BCUT2D eigenvalue weighted by atomic mass is 10.1. The van der Waals surface area contributed by atoms with Crippen molar-refractivity contribution in [3.8, 4) is 0 Å². The summed E-state index contributed by atoms with van der Waals surface area (Å²) in [6.45, 7) is 10.7. The summed E-state index contributed by atoms with van der Waals surface area (Å²) in [5, 5.41) is 6.92. The van der Waals surface area contributed by atoms with Gasteiger partial charge in [0.2, 0.25) is 0 Å². The van der Waals surface area contributed by atoms with Gasteiger partial charge in [-0.2, -0.15) is 0 Å². The van der Waals surface area contributed by atoms with Crippen molar-refractivity contribution >= 4 is 29.9 Å². The molecule has 0 aromatic heterocycles. The van der Waals surface area contributed by atoms with Crippen LogP contribution in [-0.2, 0) is 13.1 Å². The lowest BCUT2D eigenvalue weighted by Crippen LogP contribution is -2.42. The molecule has 0 aliphatic carbocycles. The smallest absolute Gasteiger partial charge is 0.191 e. The van der Waals surface area contributed by atoms with Gasteiger partial charge in [0.15, 0.2) is 5.96 Å². The molecule has 1 heterocycles. The quantitative estimate of drug-likeness (QED) is 0.336. The lowest BCUT2D eigenvalue weighted by Gasteiger charge is -2.26. The van der Waals surface area contributed by atoms with Gasteiger partial charge < -0.3 is 15.5 Å². The van der Waals surface area contributed by atoms with Gasteiger partial charge in [-0.15, -0.1) is 24.0 Å². The van der Waals surface area contributed by atoms with Crippen LogP contribution in [0.15, 0.2) is 29.3 Å². The minimum Gasteiger partial charge on any atom is -0.355 e. The zero-order chi connectivity index (χ0) is 18.8. The average Bonchev–Trinajstić information content (AvgIpc) is 2.66. The highest BCUT2D eigenvalue weighted by atomic mass is 127. The van der Waals surface area contributed by atoms with E-state index in [1.807, 2.05) is 7.05 Å². The number of hydrogen-bond acceptors (Lipinski definition) is 3. The third-order valence-corrected chi connectivity index (χ3v) is 5.26. The average molecular weight is 487 g/mol. The van der Waals surface area contributed by atoms with Gasteiger partial charge in [0.25, 0.3) is 0 Å². The lowest BCUT2D eigenvalue weighted by molar-refractivity contribution is 0.232. The Bertz CT molecular complexity index is 555. The predicted octanol–water partition coefficient (Wildman–Crippen LogP) is 3.30. The van der Waals surface area contributed by atoms with Crippen molar-refractivity contribution in [2.24, 2.45) is 4.99 Å². The number of piperidine rings is 1. The number of likely N-dealkylation sites (tertiary alicyclic amines) is 1. The molecule has 0 unspecified atom stereocenters. The first-order valence-corrected chi connectivity index (χ1v) is 10.0. The van der Waals surface area contributed by atoms with Crippen molar-refractivity contribution in [2.45, 2.75) is 52.2 Å². The zero-order valence-corrected chi connectivity index (χ0v) is 19.8. The van der Waals surface area contributed by atoms with Gasteiger partial charge >= 0.3 is 0 Å². The second kappa shape index (κ2) is 13.3. The summed E-state index contributed by atoms with van der Waals surface area (Å²) in [7, 11) is 4.02. The molecule has 6 heteroatoms. The van der Waals surface area contributed by atoms with E-state index in [4.69, 9.17) is 0 Å². The van der Waals surface area contributed by atoms with Gasteiger partial charge in [-0.1, -0.05) is 30.7 Å². The minimum atomic E-state index is 0. The maximum absolute atomic E-state index is 4.37. The molecular formula is C21H38IN5. The van der Waals surface area contributed by atoms with Crippen LogP contribution in [-0.4, -0.2) is 62.1 Å². The van der Waals surface area contributed by atoms with E-state index in [1.54, 1.807) is 0 Å². The Morgan fingerprint density at radius 3 is 2.41 bits per heavy atom. The fourth-order valence-electron chi connectivity index (χ4n) is 3.25. The Balaban J connectivity index is 0.00000364. The van der Waals surface area contributed by atoms with Crippen LogP contribution in [0.25, 0.3) is 0 Å². The monoisotopic (exact) mass is 487 g/mol. The van der Waals surface area contributed by atoms with E-state index >= 15 is 0 Å². The molecule has 2 N–H and O–H groups in total. The van der Waals surface area contributed by atoms with Crippen molar-refractivity contribution in [3.05, 3.63) is 35.4 Å². The number of aliphatic imine (C=N–C) groups is 1. The number of rotatable bonds is 8. The van der Waals surface area contributed by atoms with E-state index in [0.717, 1.165) is 32.1 Å². The number of benzene rings is 1. The number of nitrogens with zero attached hydrogens (tertiary/aromatic N) is 3. The standard InChI is InChI=1S/C21H37N5.HI/c1-18(2)25(4)17-20-11-7-6-10-19(20)16-24-21(22-3)23-12-15-26-13-8-5-9-14-26;/h6-7,10-11,18H,5,8-9,12-17H2,1-4H3,(H2,22,23,24);1H. The van der Waals surface area contributed by atoms with E-state index in [0.29, 0.717) is 6.04 Å². The predicted molar refractivity (Wildman–Crippen MR) is 127 cm³/mol. The number of hydrogen-bond donors (Lipinski definition) is 2. The Labute approximate surface area is 183 Å². The summed E-state index contributed by atoms with van der Waals surface area (Å²) in [6.07, 6.45) is 4.07. The molecule has 0 spiro atoms. The fourth-order valence-corrected chi connectivity index (χ4v) is 3.25. The second-order valence-corrected chi connectivity index (χ2v) is 7.53. The zero-order valence-electron chi connectivity index (χ0n) is 17.5. The molecular weight excluding hydrogens is 449 g/mol. The summed E-state index contributed by atoms with van der Waals surface area (Å²) in [6, 6.07) is 9.21. The highest BCUT2D eigenvalue weighted by Crippen LogP contribution is 2.12. The third-order valence-electron chi connectivity index (χ3n) is 5.26. The molecule has 0 saturated carbocycles. The highest BCUT2D eigenvalue weighted by Gasteiger charge is 2.10. The van der Waals surface area contributed by atoms with E-state index in [2.05, 4.69) is 70.6 Å². The normalized spacial score (nSPS) is 15.7. The molecule has 2 rings (SSSR count). The molecule has 1 saturated heterocycles. The number of nitrogens with one attached hydrogen (secondary N) is 2. The minimum absolute atomic E-state index is 0. The van der Waals surface area contributed by atoms with E-state index in [-0.39, 0.29) is 24.0 Å². The first-order chi connectivity index (χ1) is 12.6. The molecule has 1 aromatic carbocycles. The van der Waals surface area contributed by atoms with Crippen molar-refractivity contribution in [3.63, 3.8) is 0 Å². The fraction of sp³-hybridized carbons (Fsp3) is 0.667. The summed E-state index contributed by atoms with van der Waals surface area (Å²) in [5.74, 6) is 0.883. The first kappa shape index (κ1) is 24.2. The topological polar surface area (TPSA) is 42.9 Å². The third kappa shape index (κ3) is 8.79. The Hall–Kier alpha value is -0.860. The van der Waals surface area contributed by atoms with E-state index in [9.17, 15) is 0 Å². The number of guanidine groups is 1. The van der Waals surface area contributed by atoms with Crippen LogP contribution < -0.4 is 10.6 Å². The van der Waals surface area contributed by atoms with Gasteiger partial charge in [0, 0.05) is 39.3 Å².